The Balaban J connectivity index is 4.18. The maximum absolute atomic E-state index is 12.8. The molecule has 0 bridgehead atoms. The van der Waals surface area contributed by atoms with E-state index in [0.717, 1.165) is 57.8 Å². The minimum Gasteiger partial charge on any atom is -0.544 e. The molecule has 8 heteroatoms. The minimum absolute atomic E-state index is 0.0404. The van der Waals surface area contributed by atoms with E-state index in [1.54, 1.807) is 0 Å². The van der Waals surface area contributed by atoms with Gasteiger partial charge in [0.2, 0.25) is 0 Å². The number of carbonyl (C=O) groups excluding carboxylic acids is 3. The van der Waals surface area contributed by atoms with Crippen molar-refractivity contribution in [2.75, 3.05) is 41.0 Å². The van der Waals surface area contributed by atoms with Crippen molar-refractivity contribution < 1.29 is 38.2 Å². The van der Waals surface area contributed by atoms with Crippen molar-refractivity contribution >= 4 is 17.9 Å². The third kappa shape index (κ3) is 46.4. The Morgan fingerprint density at radius 3 is 1.27 bits per heavy atom. The molecule has 0 aliphatic rings. The SMILES string of the molecule is CC/C=C/C/C=C/C/C=C/CCCCCCCCCCCCCCCC(=O)OC(COCCC(C(=O)[O-])[N+](C)(C)C)COC(=O)CCCCCCCCC/C=C/CCCCCCCCCC. The van der Waals surface area contributed by atoms with Gasteiger partial charge in [-0.2, -0.15) is 0 Å². The van der Waals surface area contributed by atoms with Crippen LogP contribution in [0.1, 0.15) is 251 Å². The van der Waals surface area contributed by atoms with Gasteiger partial charge in [0.05, 0.1) is 40.3 Å². The summed E-state index contributed by atoms with van der Waals surface area (Å²) in [6.07, 6.45) is 60.0. The van der Waals surface area contributed by atoms with Crippen LogP contribution in [0.25, 0.3) is 0 Å². The number of carbonyl (C=O) groups is 3. The second kappa shape index (κ2) is 48.7. The highest BCUT2D eigenvalue weighted by atomic mass is 16.6. The molecule has 0 N–H and O–H groups in total. The van der Waals surface area contributed by atoms with Crippen LogP contribution in [0.5, 0.6) is 0 Å². The lowest BCUT2D eigenvalue weighted by atomic mass is 10.0. The topological polar surface area (TPSA) is 102 Å². The zero-order chi connectivity index (χ0) is 48.4. The fraction of sp³-hybridized carbons (Fsp3) is 0.810. The average molecular weight is 928 g/mol. The first-order chi connectivity index (χ1) is 32.1. The van der Waals surface area contributed by atoms with E-state index in [-0.39, 0.29) is 42.7 Å². The molecule has 0 saturated carbocycles. The minimum atomic E-state index is -1.12. The van der Waals surface area contributed by atoms with Gasteiger partial charge in [-0.05, 0) is 70.6 Å². The van der Waals surface area contributed by atoms with Gasteiger partial charge in [0, 0.05) is 19.3 Å². The highest BCUT2D eigenvalue weighted by Gasteiger charge is 2.25. The first-order valence-electron chi connectivity index (χ1n) is 27.7. The van der Waals surface area contributed by atoms with E-state index in [1.807, 2.05) is 21.1 Å². The van der Waals surface area contributed by atoms with Gasteiger partial charge in [-0.25, -0.2) is 0 Å². The predicted octanol–water partition coefficient (Wildman–Crippen LogP) is 15.0. The second-order valence-electron chi connectivity index (χ2n) is 19.8. The van der Waals surface area contributed by atoms with Gasteiger partial charge >= 0.3 is 11.9 Å². The zero-order valence-corrected chi connectivity index (χ0v) is 43.9. The Hall–Kier alpha value is -2.71. The van der Waals surface area contributed by atoms with Gasteiger partial charge in [-0.3, -0.25) is 9.59 Å². The molecule has 66 heavy (non-hydrogen) atoms. The van der Waals surface area contributed by atoms with Crippen molar-refractivity contribution in [1.82, 2.24) is 0 Å². The lowest BCUT2D eigenvalue weighted by Crippen LogP contribution is -2.55. The smallest absolute Gasteiger partial charge is 0.306 e. The van der Waals surface area contributed by atoms with Crippen molar-refractivity contribution in [3.8, 4) is 0 Å². The van der Waals surface area contributed by atoms with Crippen molar-refractivity contribution in [2.24, 2.45) is 0 Å². The summed E-state index contributed by atoms with van der Waals surface area (Å²) in [6.45, 7) is 4.58. The number of hydrogen-bond acceptors (Lipinski definition) is 7. The van der Waals surface area contributed by atoms with Crippen LogP contribution in [0, 0.1) is 0 Å². The Morgan fingerprint density at radius 1 is 0.470 bits per heavy atom. The van der Waals surface area contributed by atoms with Crippen LogP contribution in [0.4, 0.5) is 0 Å². The number of ether oxygens (including phenoxy) is 3. The van der Waals surface area contributed by atoms with Gasteiger partial charge in [-0.1, -0.05) is 210 Å². The number of quaternary nitrogens is 1. The van der Waals surface area contributed by atoms with Crippen LogP contribution in [0.2, 0.25) is 0 Å². The molecule has 0 aromatic rings. The highest BCUT2D eigenvalue weighted by Crippen LogP contribution is 2.16. The first-order valence-corrected chi connectivity index (χ1v) is 27.7. The Morgan fingerprint density at radius 2 is 0.848 bits per heavy atom. The molecule has 0 radical (unpaired) electrons. The maximum atomic E-state index is 12.8. The fourth-order valence-electron chi connectivity index (χ4n) is 8.20. The molecular formula is C58H105NO7. The summed E-state index contributed by atoms with van der Waals surface area (Å²) in [6, 6.07) is -0.727. The average Bonchev–Trinajstić information content (AvgIpc) is 3.28. The summed E-state index contributed by atoms with van der Waals surface area (Å²) in [5.41, 5.74) is 0. The van der Waals surface area contributed by atoms with E-state index in [1.165, 1.54) is 161 Å². The Kier molecular flexibility index (Phi) is 46.7. The lowest BCUT2D eigenvalue weighted by molar-refractivity contribution is -0.889. The number of likely N-dealkylation sites (N-methyl/N-ethyl adjacent to an activating group) is 1. The number of unbranched alkanes of at least 4 members (excludes halogenated alkanes) is 28. The number of rotatable bonds is 50. The third-order valence-electron chi connectivity index (χ3n) is 12.4. The summed E-state index contributed by atoms with van der Waals surface area (Å²) < 4.78 is 17.3. The van der Waals surface area contributed by atoms with E-state index in [2.05, 4.69) is 62.5 Å². The number of carboxylic acid groups (broad SMARTS) is 1. The predicted molar refractivity (Wildman–Crippen MR) is 277 cm³/mol. The maximum Gasteiger partial charge on any atom is 0.306 e. The number of aliphatic carboxylic acids is 1. The summed E-state index contributed by atoms with van der Waals surface area (Å²) in [4.78, 5) is 37.1. The monoisotopic (exact) mass is 928 g/mol. The number of hydrogen-bond donors (Lipinski definition) is 0. The van der Waals surface area contributed by atoms with Gasteiger partial charge < -0.3 is 28.6 Å². The normalized spacial score (nSPS) is 13.2. The molecule has 2 atom stereocenters. The van der Waals surface area contributed by atoms with Crippen LogP contribution < -0.4 is 5.11 Å². The lowest BCUT2D eigenvalue weighted by Gasteiger charge is -2.34. The molecule has 0 aliphatic carbocycles. The molecule has 0 saturated heterocycles. The highest BCUT2D eigenvalue weighted by molar-refractivity contribution is 5.70. The van der Waals surface area contributed by atoms with E-state index in [9.17, 15) is 19.5 Å². The molecule has 0 heterocycles. The van der Waals surface area contributed by atoms with Crippen molar-refractivity contribution in [3.05, 3.63) is 48.6 Å². The third-order valence-corrected chi connectivity index (χ3v) is 12.4. The number of allylic oxidation sites excluding steroid dienone is 8. The molecule has 2 unspecified atom stereocenters. The molecule has 0 rings (SSSR count). The fourth-order valence-corrected chi connectivity index (χ4v) is 8.20. The first kappa shape index (κ1) is 63.3. The molecule has 8 nitrogen and oxygen atoms in total. The molecular weight excluding hydrogens is 823 g/mol. The van der Waals surface area contributed by atoms with Crippen LogP contribution in [-0.2, 0) is 28.6 Å². The summed E-state index contributed by atoms with van der Waals surface area (Å²) >= 11 is 0. The summed E-state index contributed by atoms with van der Waals surface area (Å²) in [5.74, 6) is -1.73. The Labute approximate surface area is 407 Å². The van der Waals surface area contributed by atoms with E-state index in [4.69, 9.17) is 14.2 Å². The molecule has 0 aromatic carbocycles. The summed E-state index contributed by atoms with van der Waals surface area (Å²) in [5, 5.41) is 11.7. The number of nitrogens with zero attached hydrogens (tertiary/aromatic N) is 1. The molecule has 0 aliphatic heterocycles. The summed E-state index contributed by atoms with van der Waals surface area (Å²) in [7, 11) is 5.42. The number of carboxylic acids is 1. The molecule has 0 amide bonds. The van der Waals surface area contributed by atoms with E-state index >= 15 is 0 Å². The van der Waals surface area contributed by atoms with Gasteiger partial charge in [0.25, 0.3) is 0 Å². The largest absolute Gasteiger partial charge is 0.544 e. The van der Waals surface area contributed by atoms with Crippen molar-refractivity contribution in [2.45, 2.75) is 264 Å². The van der Waals surface area contributed by atoms with E-state index < -0.39 is 18.1 Å². The van der Waals surface area contributed by atoms with Crippen LogP contribution >= 0.6 is 0 Å². The van der Waals surface area contributed by atoms with Gasteiger partial charge in [0.15, 0.2) is 6.10 Å². The quantitative estimate of drug-likeness (QED) is 0.0259. The molecule has 384 valence electrons. The van der Waals surface area contributed by atoms with Gasteiger partial charge in [0.1, 0.15) is 12.6 Å². The van der Waals surface area contributed by atoms with Gasteiger partial charge in [-0.15, -0.1) is 0 Å². The standard InChI is InChI=1S/C58H105NO7/c1-6-8-10-12-14-16-18-20-22-24-26-27-28-29-31-33-35-37-39-41-43-45-47-49-57(61)66-54(52-64-51-50-55(58(62)63)59(3,4)5)53-65-56(60)48-46-44-42-40-38-36-34-32-30-25-23-21-19-17-15-13-11-9-7-2/h8,10,14,16,20,22,25,30,54-55H,6-7,9,11-13,15,17-19,21,23-24,26-29,31-53H2,1-5H3/b10-8+,16-14+,22-20+,30-25+. The second-order valence-corrected chi connectivity index (χ2v) is 19.8. The van der Waals surface area contributed by atoms with Crippen LogP contribution in [-0.4, -0.2) is 75.5 Å². The van der Waals surface area contributed by atoms with E-state index in [0.29, 0.717) is 12.8 Å². The van der Waals surface area contributed by atoms with Crippen LogP contribution in [0.3, 0.4) is 0 Å². The van der Waals surface area contributed by atoms with Crippen LogP contribution in [0.15, 0.2) is 48.6 Å². The Bertz CT molecular complexity index is 1220. The number of esters is 2. The molecule has 0 fully saturated rings. The van der Waals surface area contributed by atoms with Crippen molar-refractivity contribution in [1.29, 1.82) is 0 Å². The molecule has 0 spiro atoms. The zero-order valence-electron chi connectivity index (χ0n) is 43.9. The molecule has 0 aromatic heterocycles. The van der Waals surface area contributed by atoms with Crippen molar-refractivity contribution in [3.63, 3.8) is 0 Å².